The van der Waals surface area contributed by atoms with Gasteiger partial charge in [0.05, 0.1) is 5.39 Å². The Morgan fingerprint density at radius 1 is 1.37 bits per heavy atom. The van der Waals surface area contributed by atoms with E-state index in [0.29, 0.717) is 0 Å². The Balaban J connectivity index is 2.19. The van der Waals surface area contributed by atoms with E-state index in [4.69, 9.17) is 5.73 Å². The molecule has 3 heterocycles. The third-order valence-corrected chi connectivity index (χ3v) is 3.98. The second-order valence-corrected chi connectivity index (χ2v) is 5.39. The van der Waals surface area contributed by atoms with Gasteiger partial charge in [-0.15, -0.1) is 0 Å². The van der Waals surface area contributed by atoms with Crippen molar-refractivity contribution < 1.29 is 0 Å². The maximum Gasteiger partial charge on any atom is 0.143 e. The van der Waals surface area contributed by atoms with Gasteiger partial charge < -0.3 is 15.6 Å². The lowest BCUT2D eigenvalue weighted by molar-refractivity contribution is 0.751. The molecule has 0 spiro atoms. The zero-order chi connectivity index (χ0) is 13.6. The molecule has 0 radical (unpaired) electrons. The first-order valence-corrected chi connectivity index (χ1v) is 6.96. The maximum absolute atomic E-state index is 6.02. The van der Waals surface area contributed by atoms with E-state index in [2.05, 4.69) is 33.7 Å². The van der Waals surface area contributed by atoms with Gasteiger partial charge in [-0.2, -0.15) is 0 Å². The second-order valence-electron chi connectivity index (χ2n) is 5.39. The highest BCUT2D eigenvalue weighted by Gasteiger charge is 2.24. The Kier molecular flexibility index (Phi) is 2.93. The van der Waals surface area contributed by atoms with Crippen LogP contribution in [0, 0.1) is 13.8 Å². The number of aromatic nitrogens is 3. The number of rotatable bonds is 2. The Hall–Kier alpha value is -1.62. The van der Waals surface area contributed by atoms with Crippen molar-refractivity contribution in [2.24, 2.45) is 5.73 Å². The lowest BCUT2D eigenvalue weighted by Gasteiger charge is -2.18. The Morgan fingerprint density at radius 2 is 2.16 bits per heavy atom. The minimum atomic E-state index is 0.259. The number of hydrogen-bond donors (Lipinski definition) is 2. The van der Waals surface area contributed by atoms with Gasteiger partial charge >= 0.3 is 0 Å². The van der Waals surface area contributed by atoms with E-state index < -0.39 is 0 Å². The first-order valence-electron chi connectivity index (χ1n) is 6.96. The Morgan fingerprint density at radius 3 is 2.79 bits per heavy atom. The number of nitrogens with one attached hydrogen (secondary N) is 1. The number of fused-ring (bicyclic) bond motifs is 1. The summed E-state index contributed by atoms with van der Waals surface area (Å²) in [6, 6.07) is 0.259. The topological polar surface area (TPSA) is 70.8 Å². The lowest BCUT2D eigenvalue weighted by Crippen LogP contribution is -2.27. The summed E-state index contributed by atoms with van der Waals surface area (Å²) >= 11 is 0. The molecule has 1 aliphatic heterocycles. The van der Waals surface area contributed by atoms with E-state index in [1.54, 1.807) is 0 Å². The van der Waals surface area contributed by atoms with E-state index in [1.807, 2.05) is 6.92 Å². The maximum atomic E-state index is 6.02. The van der Waals surface area contributed by atoms with Gasteiger partial charge in [0.1, 0.15) is 17.3 Å². The molecule has 5 heteroatoms. The van der Waals surface area contributed by atoms with Crippen molar-refractivity contribution in [1.82, 2.24) is 15.0 Å². The molecule has 0 bridgehead atoms. The molecule has 0 saturated carbocycles. The summed E-state index contributed by atoms with van der Waals surface area (Å²) in [5, 5.41) is 1.16. The average Bonchev–Trinajstić information content (AvgIpc) is 2.93. The number of nitrogens with zero attached hydrogens (tertiary/aromatic N) is 3. The van der Waals surface area contributed by atoms with Crippen LogP contribution in [0.15, 0.2) is 0 Å². The molecule has 3 rings (SSSR count). The minimum Gasteiger partial charge on any atom is -0.354 e. The lowest BCUT2D eigenvalue weighted by atomic mass is 10.1. The fourth-order valence-electron chi connectivity index (χ4n) is 2.94. The van der Waals surface area contributed by atoms with Gasteiger partial charge in [-0.25, -0.2) is 9.97 Å². The van der Waals surface area contributed by atoms with Crippen LogP contribution in [-0.2, 0) is 6.42 Å². The van der Waals surface area contributed by atoms with Crippen molar-refractivity contribution in [3.8, 4) is 0 Å². The van der Waals surface area contributed by atoms with Crippen LogP contribution in [0.1, 0.15) is 30.4 Å². The molecular formula is C14H21N5. The third kappa shape index (κ3) is 1.98. The monoisotopic (exact) mass is 259 g/mol. The first-order chi connectivity index (χ1) is 9.10. The molecule has 2 aromatic rings. The molecule has 3 N–H and O–H groups in total. The number of aryl methyl sites for hydroxylation is 3. The van der Waals surface area contributed by atoms with Crippen LogP contribution in [0.4, 0.5) is 5.82 Å². The predicted octanol–water partition coefficient (Wildman–Crippen LogP) is 1.67. The number of aromatic amines is 1. The van der Waals surface area contributed by atoms with Gasteiger partial charge in [-0.1, -0.05) is 6.92 Å². The second kappa shape index (κ2) is 4.49. The first kappa shape index (κ1) is 12.4. The quantitative estimate of drug-likeness (QED) is 0.860. The molecule has 19 heavy (non-hydrogen) atoms. The average molecular weight is 259 g/mol. The normalized spacial score (nSPS) is 19.6. The molecule has 1 aliphatic rings. The van der Waals surface area contributed by atoms with Crippen molar-refractivity contribution in [2.45, 2.75) is 39.7 Å². The molecule has 1 fully saturated rings. The SMILES string of the molecule is CCc1[nH]c2nc(C)nc(N3CCC(N)C3)c2c1C. The summed E-state index contributed by atoms with van der Waals surface area (Å²) in [5.41, 5.74) is 9.50. The van der Waals surface area contributed by atoms with Crippen LogP contribution in [0.3, 0.4) is 0 Å². The smallest absolute Gasteiger partial charge is 0.143 e. The van der Waals surface area contributed by atoms with Crippen LogP contribution in [0.25, 0.3) is 11.0 Å². The van der Waals surface area contributed by atoms with Crippen LogP contribution in [-0.4, -0.2) is 34.1 Å². The summed E-state index contributed by atoms with van der Waals surface area (Å²) in [5.74, 6) is 1.86. The summed E-state index contributed by atoms with van der Waals surface area (Å²) in [7, 11) is 0. The zero-order valence-corrected chi connectivity index (χ0v) is 11.8. The molecule has 5 nitrogen and oxygen atoms in total. The molecule has 1 atom stereocenters. The Bertz CT molecular complexity index is 616. The van der Waals surface area contributed by atoms with E-state index >= 15 is 0 Å². The van der Waals surface area contributed by atoms with Gasteiger partial charge in [0.15, 0.2) is 0 Å². The molecule has 0 aliphatic carbocycles. The van der Waals surface area contributed by atoms with Crippen molar-refractivity contribution in [1.29, 1.82) is 0 Å². The highest BCUT2D eigenvalue weighted by Crippen LogP contribution is 2.31. The highest BCUT2D eigenvalue weighted by atomic mass is 15.2. The molecule has 1 unspecified atom stereocenters. The molecular weight excluding hydrogens is 238 g/mol. The van der Waals surface area contributed by atoms with Crippen molar-refractivity contribution in [2.75, 3.05) is 18.0 Å². The number of H-pyrrole nitrogens is 1. The van der Waals surface area contributed by atoms with Gasteiger partial charge in [-0.3, -0.25) is 0 Å². The van der Waals surface area contributed by atoms with E-state index in [0.717, 1.165) is 48.6 Å². The van der Waals surface area contributed by atoms with E-state index in [9.17, 15) is 0 Å². The number of anilines is 1. The van der Waals surface area contributed by atoms with Gasteiger partial charge in [0.25, 0.3) is 0 Å². The van der Waals surface area contributed by atoms with Gasteiger partial charge in [-0.05, 0) is 32.3 Å². The number of nitrogens with two attached hydrogens (primary N) is 1. The standard InChI is InChI=1S/C14H21N5/c1-4-11-8(2)12-13(18-11)16-9(3)17-14(12)19-6-5-10(15)7-19/h10H,4-7,15H2,1-3H3,(H,16,17,18). The summed E-state index contributed by atoms with van der Waals surface area (Å²) in [6.07, 6.45) is 2.02. The van der Waals surface area contributed by atoms with Gasteiger partial charge in [0, 0.05) is 24.8 Å². The summed E-state index contributed by atoms with van der Waals surface area (Å²) < 4.78 is 0. The van der Waals surface area contributed by atoms with Crippen LogP contribution in [0.5, 0.6) is 0 Å². The minimum absolute atomic E-state index is 0.259. The largest absolute Gasteiger partial charge is 0.354 e. The molecule has 2 aromatic heterocycles. The molecule has 1 saturated heterocycles. The van der Waals surface area contributed by atoms with Crippen molar-refractivity contribution in [3.63, 3.8) is 0 Å². The van der Waals surface area contributed by atoms with E-state index in [1.165, 1.54) is 11.3 Å². The fraction of sp³-hybridized carbons (Fsp3) is 0.571. The highest BCUT2D eigenvalue weighted by molar-refractivity contribution is 5.92. The molecule has 0 aromatic carbocycles. The van der Waals surface area contributed by atoms with Crippen LogP contribution >= 0.6 is 0 Å². The Labute approximate surface area is 113 Å². The van der Waals surface area contributed by atoms with E-state index in [-0.39, 0.29) is 6.04 Å². The zero-order valence-electron chi connectivity index (χ0n) is 11.8. The third-order valence-electron chi connectivity index (χ3n) is 3.98. The fourth-order valence-corrected chi connectivity index (χ4v) is 2.94. The van der Waals surface area contributed by atoms with Crippen LogP contribution < -0.4 is 10.6 Å². The van der Waals surface area contributed by atoms with Crippen LogP contribution in [0.2, 0.25) is 0 Å². The molecule has 102 valence electrons. The summed E-state index contributed by atoms with van der Waals surface area (Å²) in [6.45, 7) is 8.12. The van der Waals surface area contributed by atoms with Crippen molar-refractivity contribution in [3.05, 3.63) is 17.1 Å². The predicted molar refractivity (Wildman–Crippen MR) is 77.5 cm³/mol. The van der Waals surface area contributed by atoms with Gasteiger partial charge in [0.2, 0.25) is 0 Å². The van der Waals surface area contributed by atoms with Crippen molar-refractivity contribution >= 4 is 16.9 Å². The number of hydrogen-bond acceptors (Lipinski definition) is 4. The summed E-state index contributed by atoms with van der Waals surface area (Å²) in [4.78, 5) is 14.9. The molecule has 0 amide bonds.